The lowest BCUT2D eigenvalue weighted by molar-refractivity contribution is 0.595. The first kappa shape index (κ1) is 16.0. The first-order valence-electron chi connectivity index (χ1n) is 6.88. The maximum atomic E-state index is 12.1. The third kappa shape index (κ3) is 5.20. The monoisotopic (exact) mass is 284 g/mol. The fourth-order valence-corrected chi connectivity index (χ4v) is 3.37. The Morgan fingerprint density at radius 1 is 1.00 bits per heavy atom. The number of para-hydroxylation sites is 1. The highest BCUT2D eigenvalue weighted by molar-refractivity contribution is 7.91. The van der Waals surface area contributed by atoms with Crippen LogP contribution in [-0.2, 0) is 9.84 Å². The largest absolute Gasteiger partial charge is 0.383 e. The fraction of sp³-hybridized carbons (Fsp3) is 0.571. The zero-order valence-corrected chi connectivity index (χ0v) is 12.6. The molecule has 0 unspecified atom stereocenters. The number of anilines is 1. The predicted molar refractivity (Wildman–Crippen MR) is 80.4 cm³/mol. The third-order valence-electron chi connectivity index (χ3n) is 2.74. The topological polar surface area (TPSA) is 58.2 Å². The Kier molecular flexibility index (Phi) is 6.87. The Labute approximate surface area is 116 Å². The van der Waals surface area contributed by atoms with E-state index in [2.05, 4.69) is 17.6 Å². The highest BCUT2D eigenvalue weighted by Crippen LogP contribution is 2.22. The van der Waals surface area contributed by atoms with Crippen LogP contribution in [0, 0.1) is 0 Å². The molecule has 0 aliphatic carbocycles. The maximum absolute atomic E-state index is 12.1. The van der Waals surface area contributed by atoms with E-state index >= 15 is 0 Å². The van der Waals surface area contributed by atoms with Crippen LogP contribution in [0.2, 0.25) is 0 Å². The minimum atomic E-state index is -3.17. The summed E-state index contributed by atoms with van der Waals surface area (Å²) in [4.78, 5) is 0.410. The lowest BCUT2D eigenvalue weighted by Crippen LogP contribution is -2.23. The summed E-state index contributed by atoms with van der Waals surface area (Å²) in [5.41, 5.74) is 0.703. The Morgan fingerprint density at radius 2 is 1.74 bits per heavy atom. The summed E-state index contributed by atoms with van der Waals surface area (Å²) in [5.74, 6) is 0.194. The molecule has 0 heterocycles. The molecule has 0 fully saturated rings. The van der Waals surface area contributed by atoms with Crippen LogP contribution in [-0.4, -0.2) is 33.8 Å². The molecule has 2 N–H and O–H groups in total. The number of hydrogen-bond acceptors (Lipinski definition) is 4. The summed E-state index contributed by atoms with van der Waals surface area (Å²) in [6.07, 6.45) is 1.73. The van der Waals surface area contributed by atoms with Gasteiger partial charge in [-0.2, -0.15) is 0 Å². The van der Waals surface area contributed by atoms with Gasteiger partial charge in [0.15, 0.2) is 9.84 Å². The minimum Gasteiger partial charge on any atom is -0.383 e. The predicted octanol–water partition coefficient (Wildman–Crippen LogP) is 2.28. The van der Waals surface area contributed by atoms with E-state index in [1.54, 1.807) is 12.1 Å². The summed E-state index contributed by atoms with van der Waals surface area (Å²) >= 11 is 0. The van der Waals surface area contributed by atoms with Crippen molar-refractivity contribution in [2.24, 2.45) is 0 Å². The molecule has 108 valence electrons. The second-order valence-corrected chi connectivity index (χ2v) is 6.57. The zero-order chi connectivity index (χ0) is 14.1. The van der Waals surface area contributed by atoms with Crippen molar-refractivity contribution in [3.8, 4) is 0 Å². The van der Waals surface area contributed by atoms with Crippen molar-refractivity contribution in [1.29, 1.82) is 0 Å². The molecule has 0 aliphatic rings. The van der Waals surface area contributed by atoms with Gasteiger partial charge in [-0.1, -0.05) is 26.0 Å². The SMILES string of the molecule is CCCNCCNc1ccccc1S(=O)(=O)CCC. The van der Waals surface area contributed by atoms with E-state index in [0.717, 1.165) is 26.1 Å². The second-order valence-electron chi connectivity index (χ2n) is 4.49. The van der Waals surface area contributed by atoms with Gasteiger partial charge >= 0.3 is 0 Å². The molecule has 0 aliphatic heterocycles. The quantitative estimate of drug-likeness (QED) is 0.683. The van der Waals surface area contributed by atoms with Gasteiger partial charge in [0.05, 0.1) is 16.3 Å². The molecule has 0 saturated heterocycles. The molecule has 0 radical (unpaired) electrons. The second kappa shape index (κ2) is 8.17. The first-order valence-corrected chi connectivity index (χ1v) is 8.53. The van der Waals surface area contributed by atoms with Crippen molar-refractivity contribution in [1.82, 2.24) is 5.32 Å². The molecular weight excluding hydrogens is 260 g/mol. The Morgan fingerprint density at radius 3 is 2.42 bits per heavy atom. The van der Waals surface area contributed by atoms with E-state index in [9.17, 15) is 8.42 Å². The highest BCUT2D eigenvalue weighted by Gasteiger charge is 2.16. The van der Waals surface area contributed by atoms with Gasteiger partial charge in [-0.15, -0.1) is 0 Å². The minimum absolute atomic E-state index is 0.194. The van der Waals surface area contributed by atoms with Crippen LogP contribution >= 0.6 is 0 Å². The van der Waals surface area contributed by atoms with Gasteiger partial charge in [0.25, 0.3) is 0 Å². The molecule has 0 spiro atoms. The van der Waals surface area contributed by atoms with Crippen LogP contribution in [0.5, 0.6) is 0 Å². The molecule has 1 aromatic rings. The molecule has 0 amide bonds. The molecule has 0 saturated carbocycles. The number of rotatable bonds is 9. The molecule has 5 heteroatoms. The van der Waals surface area contributed by atoms with Crippen molar-refractivity contribution in [2.45, 2.75) is 31.6 Å². The van der Waals surface area contributed by atoms with Gasteiger partial charge < -0.3 is 10.6 Å². The van der Waals surface area contributed by atoms with Crippen molar-refractivity contribution in [3.63, 3.8) is 0 Å². The van der Waals surface area contributed by atoms with E-state index in [1.165, 1.54) is 0 Å². The van der Waals surface area contributed by atoms with Crippen LogP contribution in [0.1, 0.15) is 26.7 Å². The molecule has 0 atom stereocenters. The zero-order valence-electron chi connectivity index (χ0n) is 11.8. The van der Waals surface area contributed by atoms with E-state index in [0.29, 0.717) is 17.0 Å². The van der Waals surface area contributed by atoms with Crippen molar-refractivity contribution in [2.75, 3.05) is 30.7 Å². The maximum Gasteiger partial charge on any atom is 0.180 e. The summed E-state index contributed by atoms with van der Waals surface area (Å²) < 4.78 is 24.3. The van der Waals surface area contributed by atoms with E-state index in [1.807, 2.05) is 19.1 Å². The van der Waals surface area contributed by atoms with Crippen LogP contribution < -0.4 is 10.6 Å². The van der Waals surface area contributed by atoms with Gasteiger partial charge in [-0.3, -0.25) is 0 Å². The summed E-state index contributed by atoms with van der Waals surface area (Å²) in [6, 6.07) is 7.12. The molecule has 19 heavy (non-hydrogen) atoms. The Balaban J connectivity index is 2.68. The van der Waals surface area contributed by atoms with Gasteiger partial charge in [-0.05, 0) is 31.5 Å². The van der Waals surface area contributed by atoms with Gasteiger partial charge in [0, 0.05) is 13.1 Å². The molecule has 0 bridgehead atoms. The smallest absolute Gasteiger partial charge is 0.180 e. The molecule has 1 aromatic carbocycles. The van der Waals surface area contributed by atoms with E-state index < -0.39 is 9.84 Å². The number of sulfone groups is 1. The normalized spacial score (nSPS) is 11.5. The van der Waals surface area contributed by atoms with Crippen molar-refractivity contribution < 1.29 is 8.42 Å². The average molecular weight is 284 g/mol. The van der Waals surface area contributed by atoms with Crippen molar-refractivity contribution >= 4 is 15.5 Å². The van der Waals surface area contributed by atoms with Gasteiger partial charge in [-0.25, -0.2) is 8.42 Å². The Bertz CT molecular complexity index is 472. The summed E-state index contributed by atoms with van der Waals surface area (Å²) in [7, 11) is -3.17. The molecule has 0 aromatic heterocycles. The number of hydrogen-bond donors (Lipinski definition) is 2. The first-order chi connectivity index (χ1) is 9.11. The van der Waals surface area contributed by atoms with Crippen molar-refractivity contribution in [3.05, 3.63) is 24.3 Å². The number of benzene rings is 1. The standard InChI is InChI=1S/C14H24N2O2S/c1-3-9-15-10-11-16-13-7-5-6-8-14(13)19(17,18)12-4-2/h5-8,15-16H,3-4,9-12H2,1-2H3. The lowest BCUT2D eigenvalue weighted by Gasteiger charge is -2.12. The van der Waals surface area contributed by atoms with E-state index in [-0.39, 0.29) is 5.75 Å². The molecule has 4 nitrogen and oxygen atoms in total. The molecular formula is C14H24N2O2S. The highest BCUT2D eigenvalue weighted by atomic mass is 32.2. The van der Waals surface area contributed by atoms with Gasteiger partial charge in [0.1, 0.15) is 0 Å². The van der Waals surface area contributed by atoms with Crippen LogP contribution in [0.4, 0.5) is 5.69 Å². The lowest BCUT2D eigenvalue weighted by atomic mass is 10.3. The van der Waals surface area contributed by atoms with Crippen LogP contribution in [0.15, 0.2) is 29.2 Å². The van der Waals surface area contributed by atoms with Crippen LogP contribution in [0.3, 0.4) is 0 Å². The summed E-state index contributed by atoms with van der Waals surface area (Å²) in [5, 5.41) is 6.47. The summed E-state index contributed by atoms with van der Waals surface area (Å²) in [6.45, 7) is 6.53. The average Bonchev–Trinajstić information content (AvgIpc) is 2.39. The third-order valence-corrected chi connectivity index (χ3v) is 4.71. The van der Waals surface area contributed by atoms with Gasteiger partial charge in [0.2, 0.25) is 0 Å². The fourth-order valence-electron chi connectivity index (χ4n) is 1.85. The molecule has 1 rings (SSSR count). The van der Waals surface area contributed by atoms with E-state index in [4.69, 9.17) is 0 Å². The Hall–Kier alpha value is -1.07. The number of nitrogens with one attached hydrogen (secondary N) is 2. The van der Waals surface area contributed by atoms with Crippen LogP contribution in [0.25, 0.3) is 0 Å².